The van der Waals surface area contributed by atoms with Crippen LogP contribution >= 0.6 is 0 Å². The highest BCUT2D eigenvalue weighted by molar-refractivity contribution is 7.92. The zero-order chi connectivity index (χ0) is 27.9. The lowest BCUT2D eigenvalue weighted by Gasteiger charge is -2.24. The van der Waals surface area contributed by atoms with Crippen molar-refractivity contribution in [3.63, 3.8) is 0 Å². The molecule has 0 fully saturated rings. The maximum Gasteiger partial charge on any atom is 0.256 e. The van der Waals surface area contributed by atoms with Gasteiger partial charge in [-0.25, -0.2) is 8.42 Å². The van der Waals surface area contributed by atoms with Crippen molar-refractivity contribution in [1.82, 2.24) is 4.98 Å². The Morgan fingerprint density at radius 2 is 1.68 bits per heavy atom. The van der Waals surface area contributed by atoms with Crippen LogP contribution in [0.4, 0.5) is 5.69 Å². The van der Waals surface area contributed by atoms with E-state index in [2.05, 4.69) is 30.5 Å². The Morgan fingerprint density at radius 1 is 0.974 bits per heavy atom. The minimum Gasteiger partial charge on any atom is -0.496 e. The number of aromatic amines is 1. The molecule has 2 aromatic carbocycles. The first-order valence-electron chi connectivity index (χ1n) is 12.2. The maximum atomic E-state index is 13.0. The average molecular weight is 541 g/mol. The smallest absolute Gasteiger partial charge is 0.256 e. The number of sulfonamides is 1. The van der Waals surface area contributed by atoms with E-state index in [1.54, 1.807) is 26.4 Å². The first kappa shape index (κ1) is 29.2. The maximum absolute atomic E-state index is 13.0. The number of hydrogen-bond donors (Lipinski definition) is 2. The van der Waals surface area contributed by atoms with Crippen LogP contribution in [-0.4, -0.2) is 47.1 Å². The zero-order valence-corrected chi connectivity index (χ0v) is 23.6. The van der Waals surface area contributed by atoms with Crippen molar-refractivity contribution in [2.24, 2.45) is 0 Å². The third kappa shape index (κ3) is 8.05. The van der Waals surface area contributed by atoms with Gasteiger partial charge in [0.1, 0.15) is 5.75 Å². The van der Waals surface area contributed by atoms with E-state index in [1.165, 1.54) is 0 Å². The monoisotopic (exact) mass is 540 g/mol. The van der Waals surface area contributed by atoms with Crippen LogP contribution in [0.5, 0.6) is 5.75 Å². The third-order valence-corrected chi connectivity index (χ3v) is 6.38. The van der Waals surface area contributed by atoms with E-state index < -0.39 is 10.0 Å². The van der Waals surface area contributed by atoms with Gasteiger partial charge in [-0.3, -0.25) is 9.52 Å². The second-order valence-corrected chi connectivity index (χ2v) is 11.7. The second-order valence-electron chi connectivity index (χ2n) is 10.00. The van der Waals surface area contributed by atoms with Crippen LogP contribution in [0.2, 0.25) is 0 Å². The number of anilines is 1. The molecule has 204 valence electrons. The molecule has 0 aliphatic rings. The van der Waals surface area contributed by atoms with E-state index in [0.29, 0.717) is 36.8 Å². The van der Waals surface area contributed by atoms with Crippen LogP contribution in [0.15, 0.2) is 53.3 Å². The summed E-state index contributed by atoms with van der Waals surface area (Å²) in [4.78, 5) is 15.9. The number of hydrogen-bond acceptors (Lipinski definition) is 6. The molecule has 9 heteroatoms. The number of pyridine rings is 1. The third-order valence-electron chi connectivity index (χ3n) is 5.77. The zero-order valence-electron chi connectivity index (χ0n) is 22.8. The van der Waals surface area contributed by atoms with Gasteiger partial charge in [-0.1, -0.05) is 45.1 Å². The molecule has 0 aliphatic heterocycles. The molecule has 0 amide bonds. The Bertz CT molecular complexity index is 1440. The van der Waals surface area contributed by atoms with Crippen molar-refractivity contribution in [2.75, 3.05) is 38.4 Å². The quantitative estimate of drug-likeness (QED) is 0.260. The molecule has 0 unspecified atom stereocenters. The van der Waals surface area contributed by atoms with Crippen LogP contribution in [-0.2, 0) is 31.5 Å². The number of nitrogens with one attached hydrogen (secondary N) is 2. The Kier molecular flexibility index (Phi) is 9.54. The molecule has 1 heterocycles. The predicted molar refractivity (Wildman–Crippen MR) is 153 cm³/mol. The fourth-order valence-electron chi connectivity index (χ4n) is 3.93. The number of rotatable bonds is 11. The Hall–Kier alpha value is -3.40. The summed E-state index contributed by atoms with van der Waals surface area (Å²) in [6.45, 7) is 7.52. The second kappa shape index (κ2) is 12.4. The normalized spacial score (nSPS) is 12.2. The van der Waals surface area contributed by atoms with Gasteiger partial charge in [0.15, 0.2) is 0 Å². The van der Waals surface area contributed by atoms with E-state index in [1.807, 2.05) is 48.6 Å². The van der Waals surface area contributed by atoms with E-state index in [4.69, 9.17) is 14.2 Å². The minimum absolute atomic E-state index is 0.202. The van der Waals surface area contributed by atoms with Crippen LogP contribution in [0, 0.1) is 0 Å². The topological polar surface area (TPSA) is 107 Å². The fourth-order valence-corrected chi connectivity index (χ4v) is 4.49. The molecule has 3 aromatic rings. The molecule has 0 bridgehead atoms. The molecular weight excluding hydrogens is 504 g/mol. The van der Waals surface area contributed by atoms with Crippen molar-refractivity contribution in [2.45, 2.75) is 32.8 Å². The van der Waals surface area contributed by atoms with E-state index in [0.717, 1.165) is 34.3 Å². The van der Waals surface area contributed by atoms with Crippen LogP contribution < -0.4 is 15.0 Å². The van der Waals surface area contributed by atoms with Crippen molar-refractivity contribution in [3.8, 4) is 16.9 Å². The highest BCUT2D eigenvalue weighted by Crippen LogP contribution is 2.38. The molecule has 0 aliphatic carbocycles. The van der Waals surface area contributed by atoms with Gasteiger partial charge in [-0.05, 0) is 52.9 Å². The average Bonchev–Trinajstić information content (AvgIpc) is 2.84. The molecule has 0 saturated heterocycles. The first-order chi connectivity index (χ1) is 17.9. The van der Waals surface area contributed by atoms with E-state index >= 15 is 0 Å². The summed E-state index contributed by atoms with van der Waals surface area (Å²) < 4.78 is 41.7. The molecule has 0 radical (unpaired) electrons. The molecule has 8 nitrogen and oxygen atoms in total. The number of aromatic nitrogens is 1. The van der Waals surface area contributed by atoms with Crippen LogP contribution in [0.25, 0.3) is 23.3 Å². The minimum atomic E-state index is -3.34. The Labute approximate surface area is 224 Å². The number of ether oxygens (including phenoxy) is 3. The number of H-pyrrole nitrogens is 1. The SMILES string of the molecule is COCCOCc1ccc(-c2cc(/C=C/c3ccc(NS(C)(=O)=O)cc3)c(OC)c(C(C)(C)C)c2)c(=O)[nH]1. The Balaban J connectivity index is 1.99. The van der Waals surface area contributed by atoms with Gasteiger partial charge >= 0.3 is 0 Å². The number of benzene rings is 2. The van der Waals surface area contributed by atoms with Crippen LogP contribution in [0.3, 0.4) is 0 Å². The molecule has 38 heavy (non-hydrogen) atoms. The molecule has 3 rings (SSSR count). The van der Waals surface area contributed by atoms with Crippen molar-refractivity contribution in [1.29, 1.82) is 0 Å². The molecular formula is C29H36N2O6S. The van der Waals surface area contributed by atoms with E-state index in [9.17, 15) is 13.2 Å². The molecule has 2 N–H and O–H groups in total. The summed E-state index contributed by atoms with van der Waals surface area (Å²) in [5.74, 6) is 0.729. The van der Waals surface area contributed by atoms with Gasteiger partial charge in [0.25, 0.3) is 5.56 Å². The molecule has 1 aromatic heterocycles. The van der Waals surface area contributed by atoms with Gasteiger partial charge in [0, 0.05) is 35.2 Å². The molecule has 0 saturated carbocycles. The fraction of sp³-hybridized carbons (Fsp3) is 0.345. The van der Waals surface area contributed by atoms with Crippen molar-refractivity contribution in [3.05, 3.63) is 81.3 Å². The summed E-state index contributed by atoms with van der Waals surface area (Å²) >= 11 is 0. The standard InChI is InChI=1S/C29H36N2O6S/c1-29(2,3)26-18-22(25-14-13-24(30-28(25)32)19-37-16-15-35-4)17-21(27(26)36-5)10-7-20-8-11-23(12-9-20)31-38(6,33)34/h7-14,17-18,31H,15-16,19H2,1-6H3,(H,30,32)/b10-7+. The first-order valence-corrected chi connectivity index (χ1v) is 14.1. The van der Waals surface area contributed by atoms with Crippen molar-refractivity contribution >= 4 is 27.9 Å². The van der Waals surface area contributed by atoms with Gasteiger partial charge in [-0.2, -0.15) is 0 Å². The van der Waals surface area contributed by atoms with Gasteiger partial charge in [0.05, 0.1) is 33.2 Å². The van der Waals surface area contributed by atoms with Crippen LogP contribution in [0.1, 0.15) is 43.2 Å². The Morgan fingerprint density at radius 3 is 2.26 bits per heavy atom. The highest BCUT2D eigenvalue weighted by Gasteiger charge is 2.23. The lowest BCUT2D eigenvalue weighted by molar-refractivity contribution is 0.0601. The van der Waals surface area contributed by atoms with E-state index in [-0.39, 0.29) is 11.0 Å². The van der Waals surface area contributed by atoms with Gasteiger partial charge in [-0.15, -0.1) is 0 Å². The summed E-state index contributed by atoms with van der Waals surface area (Å²) in [5.41, 5.74) is 4.72. The highest BCUT2D eigenvalue weighted by atomic mass is 32.2. The molecule has 0 atom stereocenters. The summed E-state index contributed by atoms with van der Waals surface area (Å²) in [5, 5.41) is 0. The number of methoxy groups -OCH3 is 2. The summed E-state index contributed by atoms with van der Waals surface area (Å²) in [6.07, 6.45) is 4.97. The summed E-state index contributed by atoms with van der Waals surface area (Å²) in [6, 6.07) is 14.6. The lowest BCUT2D eigenvalue weighted by Crippen LogP contribution is -2.16. The van der Waals surface area contributed by atoms with Gasteiger partial charge in [0.2, 0.25) is 10.0 Å². The lowest BCUT2D eigenvalue weighted by atomic mass is 9.83. The van der Waals surface area contributed by atoms with Crippen molar-refractivity contribution < 1.29 is 22.6 Å². The predicted octanol–water partition coefficient (Wildman–Crippen LogP) is 5.05. The summed E-state index contributed by atoms with van der Waals surface area (Å²) in [7, 11) is -0.0947. The molecule has 0 spiro atoms. The largest absolute Gasteiger partial charge is 0.496 e. The van der Waals surface area contributed by atoms with Gasteiger partial charge < -0.3 is 19.2 Å².